The van der Waals surface area contributed by atoms with Gasteiger partial charge in [-0.05, 0) is 0 Å². The Morgan fingerprint density at radius 1 is 1.45 bits per heavy atom. The lowest BCUT2D eigenvalue weighted by molar-refractivity contribution is 0.0617. The molecular weight excluding hydrogens is 166 g/mol. The highest BCUT2D eigenvalue weighted by atomic mass is 35.5. The van der Waals surface area contributed by atoms with Gasteiger partial charge in [-0.25, -0.2) is 4.99 Å². The molecule has 0 aromatic carbocycles. The molecule has 0 spiro atoms. The van der Waals surface area contributed by atoms with Gasteiger partial charge >= 0.3 is 0 Å². The maximum Gasteiger partial charge on any atom is 0.190 e. The van der Waals surface area contributed by atoms with Crippen LogP contribution >= 0.6 is 11.6 Å². The molecule has 0 radical (unpaired) electrons. The van der Waals surface area contributed by atoms with Crippen molar-refractivity contribution in [3.05, 3.63) is 0 Å². The van der Waals surface area contributed by atoms with E-state index >= 15 is 0 Å². The maximum absolute atomic E-state index is 5.64. The molecular formula is C6H6ClN3O. The van der Waals surface area contributed by atoms with Crippen molar-refractivity contribution >= 4 is 29.2 Å². The van der Waals surface area contributed by atoms with E-state index in [0.717, 1.165) is 0 Å². The molecule has 2 rings (SSSR count). The SMILES string of the molecule is ClC1=NC2N=CC=NC2OC1. The van der Waals surface area contributed by atoms with E-state index in [0.29, 0.717) is 11.8 Å². The molecule has 5 heteroatoms. The summed E-state index contributed by atoms with van der Waals surface area (Å²) in [4.78, 5) is 12.1. The smallest absolute Gasteiger partial charge is 0.190 e. The van der Waals surface area contributed by atoms with Gasteiger partial charge in [-0.1, -0.05) is 11.6 Å². The fourth-order valence-electron chi connectivity index (χ4n) is 0.962. The second-order valence-corrected chi connectivity index (χ2v) is 2.65. The number of halogens is 1. The van der Waals surface area contributed by atoms with Crippen LogP contribution in [0.5, 0.6) is 0 Å². The summed E-state index contributed by atoms with van der Waals surface area (Å²) < 4.78 is 5.22. The van der Waals surface area contributed by atoms with E-state index in [1.165, 1.54) is 0 Å². The number of rotatable bonds is 0. The van der Waals surface area contributed by atoms with Gasteiger partial charge in [0.15, 0.2) is 12.4 Å². The zero-order valence-electron chi connectivity index (χ0n) is 5.64. The highest BCUT2D eigenvalue weighted by Crippen LogP contribution is 2.15. The maximum atomic E-state index is 5.64. The van der Waals surface area contributed by atoms with Crippen molar-refractivity contribution in [2.75, 3.05) is 6.61 Å². The molecule has 2 aliphatic rings. The van der Waals surface area contributed by atoms with E-state index in [1.54, 1.807) is 12.4 Å². The number of hydrogen-bond acceptors (Lipinski definition) is 4. The van der Waals surface area contributed by atoms with Crippen molar-refractivity contribution in [2.24, 2.45) is 15.0 Å². The van der Waals surface area contributed by atoms with Crippen molar-refractivity contribution in [1.82, 2.24) is 0 Å². The number of ether oxygens (including phenoxy) is 1. The van der Waals surface area contributed by atoms with E-state index < -0.39 is 0 Å². The first-order chi connectivity index (χ1) is 5.36. The third-order valence-electron chi connectivity index (χ3n) is 1.44. The fraction of sp³-hybridized carbons (Fsp3) is 0.500. The molecule has 2 aliphatic heterocycles. The average molecular weight is 172 g/mol. The minimum absolute atomic E-state index is 0.262. The van der Waals surface area contributed by atoms with Gasteiger partial charge in [0.25, 0.3) is 0 Å². The van der Waals surface area contributed by atoms with Gasteiger partial charge in [-0.15, -0.1) is 0 Å². The first-order valence-corrected chi connectivity index (χ1v) is 3.63. The van der Waals surface area contributed by atoms with E-state index in [-0.39, 0.29) is 12.4 Å². The topological polar surface area (TPSA) is 46.3 Å². The first-order valence-electron chi connectivity index (χ1n) is 3.25. The Morgan fingerprint density at radius 3 is 3.18 bits per heavy atom. The highest BCUT2D eigenvalue weighted by Gasteiger charge is 2.25. The largest absolute Gasteiger partial charge is 0.345 e. The standard InChI is InChI=1S/C6H6ClN3O/c7-4-3-11-6-5(10-4)8-1-2-9-6/h1-2,5-6H,3H2. The van der Waals surface area contributed by atoms with Crippen LogP contribution in [0.2, 0.25) is 0 Å². The molecule has 2 heterocycles. The van der Waals surface area contributed by atoms with Crippen LogP contribution in [0, 0.1) is 0 Å². The molecule has 0 bridgehead atoms. The Hall–Kier alpha value is -0.740. The third kappa shape index (κ3) is 1.32. The average Bonchev–Trinajstić information content (AvgIpc) is 2.04. The lowest BCUT2D eigenvalue weighted by Crippen LogP contribution is -2.33. The van der Waals surface area contributed by atoms with Crippen molar-refractivity contribution in [3.8, 4) is 0 Å². The normalized spacial score (nSPS) is 34.8. The summed E-state index contributed by atoms with van der Waals surface area (Å²) in [6, 6.07) is 0. The number of fused-ring (bicyclic) bond motifs is 1. The van der Waals surface area contributed by atoms with Crippen LogP contribution in [0.25, 0.3) is 0 Å². The van der Waals surface area contributed by atoms with Crippen LogP contribution < -0.4 is 0 Å². The van der Waals surface area contributed by atoms with Crippen LogP contribution in [0.15, 0.2) is 15.0 Å². The lowest BCUT2D eigenvalue weighted by atomic mass is 10.4. The zero-order chi connectivity index (χ0) is 7.68. The molecule has 0 amide bonds. The predicted octanol–water partition coefficient (Wildman–Crippen LogP) is 0.461. The summed E-state index contributed by atoms with van der Waals surface area (Å²) in [6.07, 6.45) is 2.68. The van der Waals surface area contributed by atoms with Gasteiger partial charge in [0.2, 0.25) is 0 Å². The molecule has 0 aliphatic carbocycles. The van der Waals surface area contributed by atoms with Gasteiger partial charge in [0.1, 0.15) is 11.8 Å². The van der Waals surface area contributed by atoms with Gasteiger partial charge in [-0.3, -0.25) is 9.98 Å². The van der Waals surface area contributed by atoms with E-state index in [4.69, 9.17) is 16.3 Å². The molecule has 4 nitrogen and oxygen atoms in total. The van der Waals surface area contributed by atoms with Gasteiger partial charge in [0.05, 0.1) is 0 Å². The Labute approximate surface area is 68.7 Å². The molecule has 0 saturated heterocycles. The minimum Gasteiger partial charge on any atom is -0.345 e. The second kappa shape index (κ2) is 2.71. The number of nitrogens with zero attached hydrogens (tertiary/aromatic N) is 3. The van der Waals surface area contributed by atoms with E-state index in [9.17, 15) is 0 Å². The number of hydrogen-bond donors (Lipinski definition) is 0. The molecule has 11 heavy (non-hydrogen) atoms. The van der Waals surface area contributed by atoms with Crippen molar-refractivity contribution < 1.29 is 4.74 Å². The van der Waals surface area contributed by atoms with Crippen LogP contribution in [0.3, 0.4) is 0 Å². The van der Waals surface area contributed by atoms with Crippen LogP contribution in [-0.2, 0) is 4.74 Å². The molecule has 58 valence electrons. The summed E-state index contributed by atoms with van der Waals surface area (Å²) in [7, 11) is 0. The third-order valence-corrected chi connectivity index (χ3v) is 1.65. The zero-order valence-corrected chi connectivity index (χ0v) is 6.40. The summed E-state index contributed by atoms with van der Waals surface area (Å²) in [6.45, 7) is 0.343. The molecule has 0 saturated carbocycles. The summed E-state index contributed by atoms with van der Waals surface area (Å²) in [5.41, 5.74) is 0. The highest BCUT2D eigenvalue weighted by molar-refractivity contribution is 6.65. The number of aliphatic imine (C=N–C) groups is 3. The molecule has 0 aromatic heterocycles. The van der Waals surface area contributed by atoms with Gasteiger partial charge in [0, 0.05) is 12.4 Å². The Morgan fingerprint density at radius 2 is 2.27 bits per heavy atom. The summed E-state index contributed by atoms with van der Waals surface area (Å²) in [5, 5.41) is 0.459. The van der Waals surface area contributed by atoms with E-state index in [1.807, 2.05) is 0 Å². The van der Waals surface area contributed by atoms with Crippen LogP contribution in [0.1, 0.15) is 0 Å². The second-order valence-electron chi connectivity index (χ2n) is 2.22. The van der Waals surface area contributed by atoms with Crippen LogP contribution in [0.4, 0.5) is 0 Å². The van der Waals surface area contributed by atoms with Crippen molar-refractivity contribution in [3.63, 3.8) is 0 Å². The van der Waals surface area contributed by atoms with Crippen LogP contribution in [-0.4, -0.2) is 36.6 Å². The van der Waals surface area contributed by atoms with E-state index in [2.05, 4.69) is 15.0 Å². The molecule has 2 unspecified atom stereocenters. The molecule has 2 atom stereocenters. The lowest BCUT2D eigenvalue weighted by Gasteiger charge is -2.23. The first kappa shape index (κ1) is 6.94. The Kier molecular flexibility index (Phi) is 1.71. The molecule has 0 N–H and O–H groups in total. The fourth-order valence-corrected chi connectivity index (χ4v) is 1.12. The van der Waals surface area contributed by atoms with Gasteiger partial charge < -0.3 is 4.74 Å². The quantitative estimate of drug-likeness (QED) is 0.522. The van der Waals surface area contributed by atoms with Crippen molar-refractivity contribution in [2.45, 2.75) is 12.4 Å². The summed E-state index contributed by atoms with van der Waals surface area (Å²) in [5.74, 6) is 0. The Balaban J connectivity index is 2.22. The monoisotopic (exact) mass is 171 g/mol. The summed E-state index contributed by atoms with van der Waals surface area (Å²) >= 11 is 5.64. The predicted molar refractivity (Wildman–Crippen MR) is 43.8 cm³/mol. The molecule has 0 aromatic rings. The Bertz CT molecular complexity index is 248. The minimum atomic E-state index is -0.263. The molecule has 0 fully saturated rings. The van der Waals surface area contributed by atoms with Gasteiger partial charge in [-0.2, -0.15) is 0 Å². The van der Waals surface area contributed by atoms with Crippen molar-refractivity contribution in [1.29, 1.82) is 0 Å².